The summed E-state index contributed by atoms with van der Waals surface area (Å²) in [5.41, 5.74) is 30.7. The van der Waals surface area contributed by atoms with Crippen LogP contribution in [0.3, 0.4) is 0 Å². The zero-order valence-corrected chi connectivity index (χ0v) is 75.8. The highest BCUT2D eigenvalue weighted by atomic mass is 35.5. The Kier molecular flexibility index (Phi) is 21.9. The second-order valence-corrected chi connectivity index (χ2v) is 53.0. The molecule has 6 nitrogen and oxygen atoms in total. The summed E-state index contributed by atoms with van der Waals surface area (Å²) in [6.07, 6.45) is 8.77. The van der Waals surface area contributed by atoms with E-state index in [1.807, 2.05) is 0 Å². The summed E-state index contributed by atoms with van der Waals surface area (Å²) >= 11 is 22.9. The summed E-state index contributed by atoms with van der Waals surface area (Å²) in [5, 5.41) is 17.3. The van der Waals surface area contributed by atoms with E-state index >= 15 is 0 Å². The van der Waals surface area contributed by atoms with Gasteiger partial charge >= 0.3 is 0 Å². The molecule has 0 aliphatic carbocycles. The summed E-state index contributed by atoms with van der Waals surface area (Å²) in [7, 11) is -7.25. The van der Waals surface area contributed by atoms with E-state index in [1.165, 1.54) is 0 Å². The molecule has 12 bridgehead atoms. The van der Waals surface area contributed by atoms with Crippen molar-refractivity contribution in [1.29, 1.82) is 0 Å². The number of halogens is 3. The highest BCUT2D eigenvalue weighted by Gasteiger charge is 2.45. The molecule has 7 heterocycles. The monoisotopic (exact) mass is 1640 g/mol. The largest absolute Gasteiger partial charge is 0.354 e. The standard InChI is InChI=1S/C105H103Cl3N6Si3/c1-61(2)115(62(3)4,63(5)6)58-55-82-85-43-49-91(109-85)100(97-70-31-19-25-37-76(70)103(106)77-38-26-20-32-71(77)97)93-51-45-87(111-93)83(56-59-116(64(7)8,65(9)10)66(11)12)89-47-53-95(113-89)102(99-74-35-23-29-41-80(74)105(108)81-42-30-24-36-75(81)99)96-54-48-90(114-96)84(57-60-117(67(13)14,68(15)16)69(17)18)88-46-52-94(112-88)101(92-50-44-86(82)110-92)98-72-33-21-27-39-78(72)104(107)79-40-28-22-34-73(79)98/h19-54,61-69,109-110,113-114H,1-18H3. The molecule has 9 aromatic carbocycles. The molecule has 117 heavy (non-hydrogen) atoms. The number of benzene rings is 9. The van der Waals surface area contributed by atoms with Crippen molar-refractivity contribution in [3.8, 4) is 34.4 Å². The fraction of sp³-hybridized carbons (Fsp3) is 0.257. The Morgan fingerprint density at radius 2 is 0.513 bits per heavy atom. The third kappa shape index (κ3) is 13.5. The van der Waals surface area contributed by atoms with Gasteiger partial charge in [0.15, 0.2) is 0 Å². The van der Waals surface area contributed by atoms with Gasteiger partial charge in [-0.15, -0.1) is 16.6 Å². The van der Waals surface area contributed by atoms with E-state index in [4.69, 9.17) is 44.8 Å². The van der Waals surface area contributed by atoms with E-state index in [9.17, 15) is 0 Å². The van der Waals surface area contributed by atoms with Gasteiger partial charge in [-0.25, -0.2) is 9.98 Å². The van der Waals surface area contributed by atoms with Gasteiger partial charge in [0.05, 0.1) is 76.7 Å². The maximum atomic E-state index is 7.65. The number of fused-ring (bicyclic) bond motifs is 16. The molecule has 12 heteroatoms. The highest BCUT2D eigenvalue weighted by molar-refractivity contribution is 6.92. The quantitative estimate of drug-likeness (QED) is 0.0534. The topological polar surface area (TPSA) is 87.9 Å². The number of hydrogen-bond donors (Lipinski definition) is 4. The minimum Gasteiger partial charge on any atom is -0.354 e. The molecular formula is C105H103Cl3N6Si3. The van der Waals surface area contributed by atoms with Crippen molar-refractivity contribution < 1.29 is 0 Å². The number of aromatic amines is 4. The van der Waals surface area contributed by atoms with Gasteiger partial charge in [-0.1, -0.05) is 323 Å². The number of nitrogens with one attached hydrogen (secondary N) is 4. The minimum absolute atomic E-state index is 0.360. The molecule has 3 aliphatic heterocycles. The molecule has 0 radical (unpaired) electrons. The Labute approximate surface area is 707 Å². The number of hydrogen-bond acceptors (Lipinski definition) is 2. The van der Waals surface area contributed by atoms with Crippen LogP contribution in [0.2, 0.25) is 64.9 Å². The molecule has 0 unspecified atom stereocenters. The SMILES string of the molecule is CC(C)[Si](C#CC1=C2C=CC(=N2)C(c2c3ccccc3c(Cl)c3ccccc23)=c2ccc([nH]2)=C(C#C[Si](C(C)C)(C(C)C)C(C)C)c2ccc([nH]2)C(c2c3ccccc3c(Cl)c3ccccc23)=C2C=CC(=N2)C(C#C[Si](C(C)C)(C(C)C)C(C)C)=c2ccc([nH]2)=C(c2c3ccccc3c(Cl)c3ccccc23)c2ccc1[nH]2)(C(C)C)C(C)C. The first-order valence-electron chi connectivity index (χ1n) is 41.9. The Morgan fingerprint density at radius 1 is 0.248 bits per heavy atom. The van der Waals surface area contributed by atoms with E-state index in [0.29, 0.717) is 64.9 Å². The Bertz CT molecular complexity index is 6730. The van der Waals surface area contributed by atoms with Gasteiger partial charge in [0.2, 0.25) is 0 Å². The lowest BCUT2D eigenvalue weighted by atomic mass is 9.89. The second kappa shape index (κ2) is 31.8. The lowest BCUT2D eigenvalue weighted by Gasteiger charge is -2.38. The summed E-state index contributed by atoms with van der Waals surface area (Å²) in [6, 6.07) is 69.1. The van der Waals surface area contributed by atoms with E-state index in [2.05, 4.69) is 397 Å². The van der Waals surface area contributed by atoms with Crippen LogP contribution in [0.15, 0.2) is 240 Å². The normalized spacial score (nSPS) is 14.4. The van der Waals surface area contributed by atoms with Gasteiger partial charge in [0, 0.05) is 87.8 Å². The Morgan fingerprint density at radius 3 is 0.889 bits per heavy atom. The molecule has 3 aliphatic rings. The van der Waals surface area contributed by atoms with E-state index in [-0.39, 0.29) is 0 Å². The maximum Gasteiger partial charge on any atom is 0.146 e. The average Bonchev–Trinajstić information content (AvgIpc) is 1.73. The van der Waals surface area contributed by atoms with Crippen LogP contribution in [0.25, 0.3) is 98.1 Å². The summed E-state index contributed by atoms with van der Waals surface area (Å²) in [5.74, 6) is 12.2. The first-order valence-corrected chi connectivity index (χ1v) is 49.7. The molecule has 0 fully saturated rings. The molecule has 0 atom stereocenters. The van der Waals surface area contributed by atoms with Crippen LogP contribution in [-0.2, 0) is 0 Å². The fourth-order valence-corrected chi connectivity index (χ4v) is 37.5. The molecule has 0 saturated heterocycles. The van der Waals surface area contributed by atoms with Gasteiger partial charge in [0.1, 0.15) is 24.2 Å². The second-order valence-electron chi connectivity index (χ2n) is 35.1. The van der Waals surface area contributed by atoms with Gasteiger partial charge in [-0.3, -0.25) is 0 Å². The maximum absolute atomic E-state index is 7.65. The third-order valence-corrected chi connectivity index (χ3v) is 46.5. The summed E-state index contributed by atoms with van der Waals surface area (Å²) in [4.78, 5) is 28.7. The van der Waals surface area contributed by atoms with Crippen molar-refractivity contribution in [1.82, 2.24) is 19.9 Å². The van der Waals surface area contributed by atoms with Crippen molar-refractivity contribution >= 4 is 169 Å². The van der Waals surface area contributed by atoms with E-state index < -0.39 is 24.2 Å². The average molecular weight is 1640 g/mol. The van der Waals surface area contributed by atoms with Crippen molar-refractivity contribution in [2.24, 2.45) is 9.98 Å². The number of rotatable bonds is 12. The number of aliphatic imine (C=N–C) groups is 2. The highest BCUT2D eigenvalue weighted by Crippen LogP contribution is 2.49. The lowest BCUT2D eigenvalue weighted by molar-refractivity contribution is 0.838. The van der Waals surface area contributed by atoms with Crippen LogP contribution < -0.4 is 21.4 Å². The van der Waals surface area contributed by atoms with Gasteiger partial charge < -0.3 is 19.9 Å². The zero-order chi connectivity index (χ0) is 82.4. The molecule has 13 aromatic rings. The molecular weight excluding hydrogens is 1540 g/mol. The molecule has 4 N–H and O–H groups in total. The minimum atomic E-state index is -2.42. The molecule has 586 valence electrons. The summed E-state index contributed by atoms with van der Waals surface area (Å²) in [6.45, 7) is 43.0. The fourth-order valence-electron chi connectivity index (χ4n) is 20.9. The predicted molar refractivity (Wildman–Crippen MR) is 514 cm³/mol. The van der Waals surface area contributed by atoms with Crippen molar-refractivity contribution in [3.63, 3.8) is 0 Å². The van der Waals surface area contributed by atoms with Gasteiger partial charge in [-0.2, -0.15) is 0 Å². The van der Waals surface area contributed by atoms with Crippen LogP contribution in [0, 0.1) is 34.4 Å². The van der Waals surface area contributed by atoms with Crippen LogP contribution in [0.4, 0.5) is 0 Å². The number of H-pyrrole nitrogens is 4. The third-order valence-electron chi connectivity index (χ3n) is 26.4. The number of nitrogens with zero attached hydrogens (tertiary/aromatic N) is 2. The van der Waals surface area contributed by atoms with Crippen molar-refractivity contribution in [2.45, 2.75) is 174 Å². The first-order chi connectivity index (χ1) is 56.2. The predicted octanol–water partition coefficient (Wildman–Crippen LogP) is 26.5. The van der Waals surface area contributed by atoms with Crippen molar-refractivity contribution in [3.05, 3.63) is 306 Å². The molecule has 0 spiro atoms. The van der Waals surface area contributed by atoms with Gasteiger partial charge in [0.25, 0.3) is 0 Å². The summed E-state index contributed by atoms with van der Waals surface area (Å²) < 4.78 is 0. The molecule has 0 saturated carbocycles. The number of aromatic nitrogens is 4. The lowest BCUT2D eigenvalue weighted by Crippen LogP contribution is -2.43. The smallest absolute Gasteiger partial charge is 0.146 e. The Hall–Kier alpha value is -10.4. The van der Waals surface area contributed by atoms with E-state index in [0.717, 1.165) is 182 Å². The van der Waals surface area contributed by atoms with Crippen molar-refractivity contribution in [2.75, 3.05) is 0 Å². The van der Waals surface area contributed by atoms with Crippen LogP contribution in [0.5, 0.6) is 0 Å². The number of allylic oxidation sites excluding steroid dienone is 5. The first kappa shape index (κ1) is 80.4. The van der Waals surface area contributed by atoms with Crippen LogP contribution >= 0.6 is 34.8 Å². The molecule has 4 aromatic heterocycles. The van der Waals surface area contributed by atoms with Gasteiger partial charge in [-0.05, 0) is 155 Å². The Balaban J connectivity index is 1.12. The van der Waals surface area contributed by atoms with Crippen LogP contribution in [0.1, 0.15) is 164 Å². The zero-order valence-electron chi connectivity index (χ0n) is 70.5. The van der Waals surface area contributed by atoms with Crippen LogP contribution in [-0.4, -0.2) is 55.6 Å². The van der Waals surface area contributed by atoms with E-state index in [1.54, 1.807) is 0 Å². The molecule has 0 amide bonds. The molecule has 16 rings (SSSR count).